The molecule has 3 atom stereocenters. The Kier molecular flexibility index (Phi) is 4.25. The summed E-state index contributed by atoms with van der Waals surface area (Å²) in [5.74, 6) is 1.12. The molecule has 1 N–H and O–H groups in total. The lowest BCUT2D eigenvalue weighted by Gasteiger charge is -2.35. The van der Waals surface area contributed by atoms with Crippen LogP contribution in [0.5, 0.6) is 5.75 Å². The maximum atomic E-state index is 12.4. The lowest BCUT2D eigenvalue weighted by Crippen LogP contribution is -2.41. The zero-order valence-electron chi connectivity index (χ0n) is 13.0. The van der Waals surface area contributed by atoms with Crippen LogP contribution in [0.4, 0.5) is 0 Å². The molecule has 0 unspecified atom stereocenters. The fraction of sp³-hybridized carbons (Fsp3) is 0.316. The molecule has 1 saturated heterocycles. The van der Waals surface area contributed by atoms with Crippen LogP contribution in [0.2, 0.25) is 0 Å². The van der Waals surface area contributed by atoms with Crippen LogP contribution in [0.15, 0.2) is 54.6 Å². The van der Waals surface area contributed by atoms with Gasteiger partial charge in [0, 0.05) is 24.4 Å². The van der Waals surface area contributed by atoms with E-state index in [1.807, 2.05) is 49.4 Å². The van der Waals surface area contributed by atoms with E-state index in [0.29, 0.717) is 12.2 Å². The van der Waals surface area contributed by atoms with Gasteiger partial charge in [0.15, 0.2) is 0 Å². The van der Waals surface area contributed by atoms with E-state index in [-0.39, 0.29) is 18.0 Å². The molecule has 0 aromatic heterocycles. The third-order valence-corrected chi connectivity index (χ3v) is 4.47. The fourth-order valence-electron chi connectivity index (χ4n) is 3.09. The largest absolute Gasteiger partial charge is 0.497 e. The van der Waals surface area contributed by atoms with Gasteiger partial charge in [-0.3, -0.25) is 4.79 Å². The molecule has 1 aliphatic rings. The minimum absolute atomic E-state index is 0.0200. The Balaban J connectivity index is 1.86. The van der Waals surface area contributed by atoms with Crippen LogP contribution in [-0.4, -0.2) is 12.9 Å². The summed E-state index contributed by atoms with van der Waals surface area (Å²) in [5, 5.41) is 3.64. The number of Topliss-reactive ketones (excluding diaryl/α,β-unsaturated/α-hetero) is 1. The van der Waals surface area contributed by atoms with Gasteiger partial charge < -0.3 is 10.1 Å². The Labute approximate surface area is 131 Å². The fourth-order valence-corrected chi connectivity index (χ4v) is 3.09. The van der Waals surface area contributed by atoms with Crippen LogP contribution >= 0.6 is 0 Å². The highest BCUT2D eigenvalue weighted by Crippen LogP contribution is 2.35. The summed E-state index contributed by atoms with van der Waals surface area (Å²) in [5.41, 5.74) is 2.29. The van der Waals surface area contributed by atoms with Gasteiger partial charge in [0.05, 0.1) is 7.11 Å². The van der Waals surface area contributed by atoms with E-state index in [1.165, 1.54) is 5.56 Å². The van der Waals surface area contributed by atoms with E-state index in [0.717, 1.165) is 11.3 Å². The zero-order valence-corrected chi connectivity index (χ0v) is 13.0. The predicted octanol–water partition coefficient (Wildman–Crippen LogP) is 3.68. The molecule has 1 fully saturated rings. The predicted molar refractivity (Wildman–Crippen MR) is 86.8 cm³/mol. The summed E-state index contributed by atoms with van der Waals surface area (Å²) in [6.07, 6.45) is 0.553. The highest BCUT2D eigenvalue weighted by Gasteiger charge is 2.34. The Morgan fingerprint density at radius 1 is 1.00 bits per heavy atom. The van der Waals surface area contributed by atoms with Crippen molar-refractivity contribution in [3.05, 3.63) is 65.7 Å². The van der Waals surface area contributed by atoms with Crippen molar-refractivity contribution in [2.24, 2.45) is 5.92 Å². The van der Waals surface area contributed by atoms with Gasteiger partial charge in [0.25, 0.3) is 0 Å². The van der Waals surface area contributed by atoms with Gasteiger partial charge in [-0.2, -0.15) is 0 Å². The quantitative estimate of drug-likeness (QED) is 0.939. The summed E-state index contributed by atoms with van der Waals surface area (Å²) in [6, 6.07) is 18.3. The minimum atomic E-state index is -0.0200. The van der Waals surface area contributed by atoms with Crippen LogP contribution < -0.4 is 10.1 Å². The smallest absolute Gasteiger partial charge is 0.139 e. The van der Waals surface area contributed by atoms with Crippen LogP contribution in [0.25, 0.3) is 0 Å². The molecular formula is C19H21NO2. The third-order valence-electron chi connectivity index (χ3n) is 4.47. The molecule has 1 aliphatic heterocycles. The standard InChI is InChI=1S/C19H21NO2/c1-13-18(21)12-17(14-6-4-3-5-7-14)20-19(13)15-8-10-16(22-2)11-9-15/h3-11,13,17,19-20H,12H2,1-2H3/t13-,17+,19+/m0/s1. The Bertz CT molecular complexity index is 636. The van der Waals surface area contributed by atoms with Crippen molar-refractivity contribution in [2.75, 3.05) is 7.11 Å². The second-order valence-electron chi connectivity index (χ2n) is 5.84. The molecule has 22 heavy (non-hydrogen) atoms. The van der Waals surface area contributed by atoms with E-state index in [1.54, 1.807) is 7.11 Å². The highest BCUT2D eigenvalue weighted by atomic mass is 16.5. The van der Waals surface area contributed by atoms with Gasteiger partial charge in [0.2, 0.25) is 0 Å². The Morgan fingerprint density at radius 2 is 1.68 bits per heavy atom. The molecule has 2 aromatic rings. The van der Waals surface area contributed by atoms with Gasteiger partial charge in [-0.05, 0) is 23.3 Å². The molecule has 1 heterocycles. The van der Waals surface area contributed by atoms with Crippen molar-refractivity contribution in [1.82, 2.24) is 5.32 Å². The minimum Gasteiger partial charge on any atom is -0.497 e. The van der Waals surface area contributed by atoms with Crippen LogP contribution in [-0.2, 0) is 4.79 Å². The maximum absolute atomic E-state index is 12.4. The number of nitrogens with one attached hydrogen (secondary N) is 1. The number of rotatable bonds is 3. The number of hydrogen-bond donors (Lipinski definition) is 1. The van der Waals surface area contributed by atoms with Crippen molar-refractivity contribution in [2.45, 2.75) is 25.4 Å². The van der Waals surface area contributed by atoms with E-state index in [9.17, 15) is 4.79 Å². The number of benzene rings is 2. The number of methoxy groups -OCH3 is 1. The van der Waals surface area contributed by atoms with Gasteiger partial charge in [-0.15, -0.1) is 0 Å². The summed E-state index contributed by atoms with van der Waals surface area (Å²) in [7, 11) is 1.66. The summed E-state index contributed by atoms with van der Waals surface area (Å²) in [4.78, 5) is 12.4. The van der Waals surface area contributed by atoms with E-state index < -0.39 is 0 Å². The SMILES string of the molecule is COc1ccc([C@@H]2N[C@@H](c3ccccc3)CC(=O)[C@@H]2C)cc1. The van der Waals surface area contributed by atoms with Crippen LogP contribution in [0.3, 0.4) is 0 Å². The molecular weight excluding hydrogens is 274 g/mol. The van der Waals surface area contributed by atoms with Gasteiger partial charge in [-0.25, -0.2) is 0 Å². The summed E-state index contributed by atoms with van der Waals surface area (Å²) < 4.78 is 5.21. The average Bonchev–Trinajstić information content (AvgIpc) is 2.58. The first-order valence-corrected chi connectivity index (χ1v) is 7.66. The normalized spacial score (nSPS) is 25.0. The molecule has 0 bridgehead atoms. The molecule has 0 spiro atoms. The van der Waals surface area contributed by atoms with E-state index >= 15 is 0 Å². The number of carbonyl (C=O) groups is 1. The molecule has 0 aliphatic carbocycles. The lowest BCUT2D eigenvalue weighted by molar-refractivity contribution is -0.126. The first-order valence-electron chi connectivity index (χ1n) is 7.66. The molecule has 0 radical (unpaired) electrons. The van der Waals surface area contributed by atoms with Crippen molar-refractivity contribution in [3.63, 3.8) is 0 Å². The lowest BCUT2D eigenvalue weighted by atomic mass is 9.82. The average molecular weight is 295 g/mol. The number of carbonyl (C=O) groups excluding carboxylic acids is 1. The number of ketones is 1. The summed E-state index contributed by atoms with van der Waals surface area (Å²) in [6.45, 7) is 2.01. The van der Waals surface area contributed by atoms with E-state index in [4.69, 9.17) is 4.74 Å². The number of hydrogen-bond acceptors (Lipinski definition) is 3. The molecule has 0 saturated carbocycles. The zero-order chi connectivity index (χ0) is 15.5. The van der Waals surface area contributed by atoms with Crippen molar-refractivity contribution in [3.8, 4) is 5.75 Å². The highest BCUT2D eigenvalue weighted by molar-refractivity contribution is 5.83. The topological polar surface area (TPSA) is 38.3 Å². The van der Waals surface area contributed by atoms with Crippen LogP contribution in [0.1, 0.15) is 36.6 Å². The Hall–Kier alpha value is -2.13. The number of piperidine rings is 1. The first-order chi connectivity index (χ1) is 10.7. The van der Waals surface area contributed by atoms with Crippen molar-refractivity contribution >= 4 is 5.78 Å². The van der Waals surface area contributed by atoms with Crippen molar-refractivity contribution < 1.29 is 9.53 Å². The number of ether oxygens (including phenoxy) is 1. The molecule has 2 aromatic carbocycles. The van der Waals surface area contributed by atoms with Gasteiger partial charge in [0.1, 0.15) is 11.5 Å². The maximum Gasteiger partial charge on any atom is 0.139 e. The van der Waals surface area contributed by atoms with Crippen LogP contribution in [0, 0.1) is 5.92 Å². The monoisotopic (exact) mass is 295 g/mol. The van der Waals surface area contributed by atoms with Crippen molar-refractivity contribution in [1.29, 1.82) is 0 Å². The molecule has 0 amide bonds. The third kappa shape index (κ3) is 2.90. The molecule has 3 nitrogen and oxygen atoms in total. The van der Waals surface area contributed by atoms with Gasteiger partial charge in [-0.1, -0.05) is 49.4 Å². The molecule has 3 heteroatoms. The van der Waals surface area contributed by atoms with Gasteiger partial charge >= 0.3 is 0 Å². The van der Waals surface area contributed by atoms with E-state index in [2.05, 4.69) is 17.4 Å². The Morgan fingerprint density at radius 3 is 2.32 bits per heavy atom. The first kappa shape index (κ1) is 14.8. The second kappa shape index (κ2) is 6.32. The molecule has 114 valence electrons. The summed E-state index contributed by atoms with van der Waals surface area (Å²) >= 11 is 0. The molecule has 3 rings (SSSR count). The second-order valence-corrected chi connectivity index (χ2v) is 5.84.